The third-order valence-corrected chi connectivity index (χ3v) is 3.62. The quantitative estimate of drug-likeness (QED) is 0.709. The van der Waals surface area contributed by atoms with E-state index in [1.165, 1.54) is 0 Å². The molecule has 0 aliphatic carbocycles. The van der Waals surface area contributed by atoms with Crippen LogP contribution in [0.15, 0.2) is 53.7 Å². The SMILES string of the molecule is CCCCCC1C=C(Cl)C=CN1C(=O)Oc1ccccc1. The number of hydrogen-bond acceptors (Lipinski definition) is 2. The number of nitrogens with zero attached hydrogens (tertiary/aromatic N) is 1. The zero-order valence-corrected chi connectivity index (χ0v) is 12.9. The highest BCUT2D eigenvalue weighted by Crippen LogP contribution is 2.22. The summed E-state index contributed by atoms with van der Waals surface area (Å²) < 4.78 is 5.39. The third kappa shape index (κ3) is 4.64. The van der Waals surface area contributed by atoms with Gasteiger partial charge in [0, 0.05) is 11.2 Å². The van der Waals surface area contributed by atoms with Crippen LogP contribution in [0.3, 0.4) is 0 Å². The summed E-state index contributed by atoms with van der Waals surface area (Å²) in [7, 11) is 0. The van der Waals surface area contributed by atoms with Gasteiger partial charge in [0.15, 0.2) is 0 Å². The van der Waals surface area contributed by atoms with Gasteiger partial charge in [-0.15, -0.1) is 0 Å². The van der Waals surface area contributed by atoms with Crippen LogP contribution in [0, 0.1) is 0 Å². The second kappa shape index (κ2) is 7.89. The Morgan fingerprint density at radius 2 is 2.05 bits per heavy atom. The van der Waals surface area contributed by atoms with Gasteiger partial charge >= 0.3 is 6.09 Å². The molecular weight excluding hydrogens is 286 g/mol. The van der Waals surface area contributed by atoms with Crippen molar-refractivity contribution in [1.82, 2.24) is 4.90 Å². The summed E-state index contributed by atoms with van der Waals surface area (Å²) in [4.78, 5) is 13.9. The molecule has 1 unspecified atom stereocenters. The van der Waals surface area contributed by atoms with E-state index in [0.29, 0.717) is 10.8 Å². The van der Waals surface area contributed by atoms with Crippen molar-refractivity contribution in [2.45, 2.75) is 38.6 Å². The minimum absolute atomic E-state index is 0.0368. The molecular formula is C17H20ClNO2. The molecule has 3 nitrogen and oxygen atoms in total. The van der Waals surface area contributed by atoms with E-state index in [1.54, 1.807) is 29.3 Å². The smallest absolute Gasteiger partial charge is 0.410 e. The first-order valence-corrected chi connectivity index (χ1v) is 7.69. The van der Waals surface area contributed by atoms with Crippen LogP contribution in [-0.4, -0.2) is 17.0 Å². The van der Waals surface area contributed by atoms with E-state index < -0.39 is 0 Å². The minimum atomic E-state index is -0.376. The molecule has 112 valence electrons. The minimum Gasteiger partial charge on any atom is -0.410 e. The fraction of sp³-hybridized carbons (Fsp3) is 0.353. The molecule has 2 rings (SSSR count). The van der Waals surface area contributed by atoms with Crippen LogP contribution in [0.5, 0.6) is 5.75 Å². The number of allylic oxidation sites excluding steroid dienone is 2. The first kappa shape index (κ1) is 15.6. The van der Waals surface area contributed by atoms with Crippen molar-refractivity contribution in [1.29, 1.82) is 0 Å². The topological polar surface area (TPSA) is 29.5 Å². The predicted molar refractivity (Wildman–Crippen MR) is 85.3 cm³/mol. The number of para-hydroxylation sites is 1. The molecule has 1 amide bonds. The normalized spacial score (nSPS) is 17.5. The van der Waals surface area contributed by atoms with E-state index in [4.69, 9.17) is 16.3 Å². The van der Waals surface area contributed by atoms with Gasteiger partial charge in [-0.1, -0.05) is 56.0 Å². The lowest BCUT2D eigenvalue weighted by molar-refractivity contribution is 0.159. The molecule has 0 N–H and O–H groups in total. The van der Waals surface area contributed by atoms with Gasteiger partial charge in [-0.05, 0) is 30.7 Å². The average molecular weight is 306 g/mol. The van der Waals surface area contributed by atoms with E-state index >= 15 is 0 Å². The van der Waals surface area contributed by atoms with Crippen molar-refractivity contribution in [2.24, 2.45) is 0 Å². The predicted octanol–water partition coefficient (Wildman–Crippen LogP) is 5.09. The van der Waals surface area contributed by atoms with Gasteiger partial charge in [-0.3, -0.25) is 4.90 Å². The number of benzene rings is 1. The Bertz CT molecular complexity index is 525. The molecule has 0 aromatic heterocycles. The van der Waals surface area contributed by atoms with E-state index in [9.17, 15) is 4.79 Å². The lowest BCUT2D eigenvalue weighted by Crippen LogP contribution is -2.38. The summed E-state index contributed by atoms with van der Waals surface area (Å²) in [5, 5.41) is 0.667. The largest absolute Gasteiger partial charge is 0.419 e. The second-order valence-corrected chi connectivity index (χ2v) is 5.46. The molecule has 1 aromatic carbocycles. The van der Waals surface area contributed by atoms with Gasteiger partial charge in [0.2, 0.25) is 0 Å². The summed E-state index contributed by atoms with van der Waals surface area (Å²) in [5.41, 5.74) is 0. The standard InChI is InChI=1S/C17H20ClNO2/c1-2-3-5-8-15-13-14(18)11-12-19(15)17(20)21-16-9-6-4-7-10-16/h4,6-7,9-13,15H,2-3,5,8H2,1H3. The van der Waals surface area contributed by atoms with Crippen LogP contribution in [0.4, 0.5) is 4.79 Å². The Morgan fingerprint density at radius 1 is 1.29 bits per heavy atom. The second-order valence-electron chi connectivity index (χ2n) is 5.02. The number of hydrogen-bond donors (Lipinski definition) is 0. The molecule has 4 heteroatoms. The molecule has 21 heavy (non-hydrogen) atoms. The Balaban J connectivity index is 2.01. The molecule has 0 saturated heterocycles. The lowest BCUT2D eigenvalue weighted by atomic mass is 10.1. The van der Waals surface area contributed by atoms with Crippen molar-refractivity contribution >= 4 is 17.7 Å². The first-order valence-electron chi connectivity index (χ1n) is 7.31. The van der Waals surface area contributed by atoms with Gasteiger partial charge < -0.3 is 4.74 Å². The number of ether oxygens (including phenoxy) is 1. The van der Waals surface area contributed by atoms with Crippen LogP contribution < -0.4 is 4.74 Å². The Hall–Kier alpha value is -1.74. The van der Waals surface area contributed by atoms with Gasteiger partial charge in [-0.2, -0.15) is 0 Å². The van der Waals surface area contributed by atoms with E-state index in [0.717, 1.165) is 25.7 Å². The fourth-order valence-corrected chi connectivity index (χ4v) is 2.45. The van der Waals surface area contributed by atoms with Gasteiger partial charge in [0.05, 0.1) is 6.04 Å². The summed E-state index contributed by atoms with van der Waals surface area (Å²) >= 11 is 6.05. The number of rotatable bonds is 5. The van der Waals surface area contributed by atoms with Crippen molar-refractivity contribution in [3.63, 3.8) is 0 Å². The highest BCUT2D eigenvalue weighted by atomic mass is 35.5. The Morgan fingerprint density at radius 3 is 2.76 bits per heavy atom. The van der Waals surface area contributed by atoms with Crippen LogP contribution >= 0.6 is 11.6 Å². The first-order chi connectivity index (χ1) is 10.2. The van der Waals surface area contributed by atoms with Gasteiger partial charge in [0.1, 0.15) is 5.75 Å². The number of unbranched alkanes of at least 4 members (excludes halogenated alkanes) is 2. The van der Waals surface area contributed by atoms with Crippen molar-refractivity contribution in [2.75, 3.05) is 0 Å². The van der Waals surface area contributed by atoms with Crippen LogP contribution in [0.1, 0.15) is 32.6 Å². The van der Waals surface area contributed by atoms with Crippen molar-refractivity contribution < 1.29 is 9.53 Å². The van der Waals surface area contributed by atoms with Crippen LogP contribution in [0.25, 0.3) is 0 Å². The molecule has 1 aliphatic heterocycles. The van der Waals surface area contributed by atoms with Gasteiger partial charge in [-0.25, -0.2) is 4.79 Å². The third-order valence-electron chi connectivity index (χ3n) is 3.37. The maximum atomic E-state index is 12.3. The molecule has 1 aromatic rings. The Labute approximate surface area is 130 Å². The van der Waals surface area contributed by atoms with Gasteiger partial charge in [0.25, 0.3) is 0 Å². The van der Waals surface area contributed by atoms with Crippen molar-refractivity contribution in [3.05, 3.63) is 53.7 Å². The zero-order valence-electron chi connectivity index (χ0n) is 12.2. The highest BCUT2D eigenvalue weighted by Gasteiger charge is 2.24. The maximum Gasteiger partial charge on any atom is 0.419 e. The van der Waals surface area contributed by atoms with Crippen LogP contribution in [-0.2, 0) is 0 Å². The summed E-state index contributed by atoms with van der Waals surface area (Å²) in [5.74, 6) is 0.545. The van der Waals surface area contributed by atoms with E-state index in [-0.39, 0.29) is 12.1 Å². The molecule has 0 bridgehead atoms. The average Bonchev–Trinajstić information content (AvgIpc) is 2.48. The molecule has 0 spiro atoms. The van der Waals surface area contributed by atoms with E-state index in [2.05, 4.69) is 6.92 Å². The summed E-state index contributed by atoms with van der Waals surface area (Å²) in [6, 6.07) is 9.05. The summed E-state index contributed by atoms with van der Waals surface area (Å²) in [6.07, 6.45) is 9.18. The molecule has 1 atom stereocenters. The monoisotopic (exact) mass is 305 g/mol. The molecule has 1 heterocycles. The number of carbonyl (C=O) groups is 1. The van der Waals surface area contributed by atoms with Crippen molar-refractivity contribution in [3.8, 4) is 5.75 Å². The number of amides is 1. The maximum absolute atomic E-state index is 12.3. The highest BCUT2D eigenvalue weighted by molar-refractivity contribution is 6.31. The Kier molecular flexibility index (Phi) is 5.88. The van der Waals surface area contributed by atoms with E-state index in [1.807, 2.05) is 24.3 Å². The number of halogens is 1. The molecule has 0 saturated carbocycles. The lowest BCUT2D eigenvalue weighted by Gasteiger charge is -2.28. The molecule has 0 fully saturated rings. The molecule has 0 radical (unpaired) electrons. The zero-order chi connectivity index (χ0) is 15.1. The molecule has 1 aliphatic rings. The summed E-state index contributed by atoms with van der Waals surface area (Å²) in [6.45, 7) is 2.16. The fourth-order valence-electron chi connectivity index (χ4n) is 2.25. The van der Waals surface area contributed by atoms with Crippen LogP contribution in [0.2, 0.25) is 0 Å². The number of carbonyl (C=O) groups excluding carboxylic acids is 1.